The minimum Gasteiger partial charge on any atom is -0.352 e. The molecule has 1 aliphatic carbocycles. The number of nitrogens with one attached hydrogen (secondary N) is 1. The predicted octanol–water partition coefficient (Wildman–Crippen LogP) is 2.38. The number of pyridine rings is 1. The van der Waals surface area contributed by atoms with Crippen LogP contribution in [0.25, 0.3) is 22.3 Å². The van der Waals surface area contributed by atoms with Crippen molar-refractivity contribution in [1.29, 1.82) is 0 Å². The summed E-state index contributed by atoms with van der Waals surface area (Å²) in [4.78, 5) is 20.8. The molecule has 1 N–H and O–H groups in total. The van der Waals surface area contributed by atoms with E-state index in [4.69, 9.17) is 0 Å². The number of amides is 1. The van der Waals surface area contributed by atoms with Crippen LogP contribution in [0.1, 0.15) is 12.8 Å². The third kappa shape index (κ3) is 2.57. The fraction of sp³-hybridized carbons (Fsp3) is 0.235. The summed E-state index contributed by atoms with van der Waals surface area (Å²) in [5, 5.41) is 4.09. The smallest absolute Gasteiger partial charge is 0.240 e. The molecule has 1 saturated carbocycles. The van der Waals surface area contributed by atoms with Crippen molar-refractivity contribution in [3.8, 4) is 11.4 Å². The number of hydrogen-bond donors (Lipinski definition) is 1. The molecule has 5 nitrogen and oxygen atoms in total. The van der Waals surface area contributed by atoms with E-state index in [9.17, 15) is 4.79 Å². The van der Waals surface area contributed by atoms with Gasteiger partial charge in [-0.05, 0) is 25.0 Å². The molecule has 0 spiro atoms. The van der Waals surface area contributed by atoms with Crippen molar-refractivity contribution >= 4 is 16.8 Å². The molecule has 1 aliphatic rings. The Morgan fingerprint density at radius 2 is 2.14 bits per heavy atom. The van der Waals surface area contributed by atoms with E-state index in [0.29, 0.717) is 12.6 Å². The van der Waals surface area contributed by atoms with Crippen LogP contribution in [0.3, 0.4) is 0 Å². The maximum Gasteiger partial charge on any atom is 0.240 e. The Morgan fingerprint density at radius 1 is 1.23 bits per heavy atom. The van der Waals surface area contributed by atoms with Crippen LogP contribution in [0.15, 0.2) is 48.9 Å². The lowest BCUT2D eigenvalue weighted by Gasteiger charge is -2.09. The lowest BCUT2D eigenvalue weighted by molar-refractivity contribution is -0.121. The number of carbonyl (C=O) groups is 1. The van der Waals surface area contributed by atoms with Crippen LogP contribution in [0.4, 0.5) is 0 Å². The average Bonchev–Trinajstić information content (AvgIpc) is 3.22. The molecule has 3 aromatic rings. The van der Waals surface area contributed by atoms with Gasteiger partial charge >= 0.3 is 0 Å². The summed E-state index contributed by atoms with van der Waals surface area (Å²) >= 11 is 0. The number of fused-ring (bicyclic) bond motifs is 1. The van der Waals surface area contributed by atoms with Crippen LogP contribution in [0, 0.1) is 0 Å². The third-order valence-electron chi connectivity index (χ3n) is 3.84. The van der Waals surface area contributed by atoms with Crippen LogP contribution in [-0.2, 0) is 11.3 Å². The van der Waals surface area contributed by atoms with Crippen molar-refractivity contribution in [1.82, 2.24) is 19.9 Å². The molecule has 1 fully saturated rings. The second-order valence-electron chi connectivity index (χ2n) is 5.63. The van der Waals surface area contributed by atoms with E-state index in [1.165, 1.54) is 0 Å². The van der Waals surface area contributed by atoms with Gasteiger partial charge < -0.3 is 9.88 Å². The van der Waals surface area contributed by atoms with Crippen LogP contribution in [-0.4, -0.2) is 26.5 Å². The van der Waals surface area contributed by atoms with Crippen molar-refractivity contribution in [2.75, 3.05) is 0 Å². The monoisotopic (exact) mass is 292 g/mol. The molecule has 0 saturated heterocycles. The maximum absolute atomic E-state index is 12.0. The second kappa shape index (κ2) is 5.26. The first-order valence-electron chi connectivity index (χ1n) is 7.45. The van der Waals surface area contributed by atoms with E-state index < -0.39 is 0 Å². The summed E-state index contributed by atoms with van der Waals surface area (Å²) in [6.45, 7) is 0.298. The molecule has 2 aromatic heterocycles. The van der Waals surface area contributed by atoms with E-state index in [0.717, 1.165) is 35.1 Å². The van der Waals surface area contributed by atoms with Gasteiger partial charge in [-0.15, -0.1) is 0 Å². The molecule has 0 bridgehead atoms. The Morgan fingerprint density at radius 3 is 3.00 bits per heavy atom. The molecule has 0 radical (unpaired) electrons. The first kappa shape index (κ1) is 13.0. The van der Waals surface area contributed by atoms with E-state index in [-0.39, 0.29) is 5.91 Å². The molecule has 5 heteroatoms. The van der Waals surface area contributed by atoms with Gasteiger partial charge in [-0.3, -0.25) is 9.78 Å². The highest BCUT2D eigenvalue weighted by molar-refractivity contribution is 5.83. The van der Waals surface area contributed by atoms with E-state index in [1.54, 1.807) is 12.4 Å². The van der Waals surface area contributed by atoms with E-state index >= 15 is 0 Å². The number of hydrogen-bond acceptors (Lipinski definition) is 3. The summed E-state index contributed by atoms with van der Waals surface area (Å²) < 4.78 is 1.88. The van der Waals surface area contributed by atoms with Gasteiger partial charge in [0.2, 0.25) is 5.91 Å². The highest BCUT2D eigenvalue weighted by Crippen LogP contribution is 2.22. The number of rotatable bonds is 4. The largest absolute Gasteiger partial charge is 0.352 e. The number of imidazole rings is 1. The SMILES string of the molecule is O=C(Cn1ccnc1-c1ccc2cccnc2c1)NC1CC1. The van der Waals surface area contributed by atoms with Gasteiger partial charge in [-0.1, -0.05) is 18.2 Å². The number of aromatic nitrogens is 3. The molecule has 1 amide bonds. The molecule has 110 valence electrons. The van der Waals surface area contributed by atoms with Crippen molar-refractivity contribution in [3.05, 3.63) is 48.9 Å². The highest BCUT2D eigenvalue weighted by atomic mass is 16.2. The average molecular weight is 292 g/mol. The van der Waals surface area contributed by atoms with Gasteiger partial charge in [-0.25, -0.2) is 4.98 Å². The lowest BCUT2D eigenvalue weighted by atomic mass is 10.1. The molecule has 22 heavy (non-hydrogen) atoms. The van der Waals surface area contributed by atoms with Crippen molar-refractivity contribution < 1.29 is 4.79 Å². The van der Waals surface area contributed by atoms with Crippen molar-refractivity contribution in [2.45, 2.75) is 25.4 Å². The van der Waals surface area contributed by atoms with Gasteiger partial charge in [0.25, 0.3) is 0 Å². The first-order chi connectivity index (χ1) is 10.8. The fourth-order valence-electron chi connectivity index (χ4n) is 2.56. The summed E-state index contributed by atoms with van der Waals surface area (Å²) in [7, 11) is 0. The van der Waals surface area contributed by atoms with Gasteiger partial charge in [0.05, 0.1) is 5.52 Å². The number of nitrogens with zero attached hydrogens (tertiary/aromatic N) is 3. The second-order valence-corrected chi connectivity index (χ2v) is 5.63. The minimum atomic E-state index is 0.0423. The maximum atomic E-state index is 12.0. The number of benzene rings is 1. The van der Waals surface area contributed by atoms with E-state index in [1.807, 2.05) is 41.1 Å². The summed E-state index contributed by atoms with van der Waals surface area (Å²) in [5.74, 6) is 0.833. The Labute approximate surface area is 128 Å². The minimum absolute atomic E-state index is 0.0423. The zero-order chi connectivity index (χ0) is 14.9. The van der Waals surface area contributed by atoms with Crippen LogP contribution in [0.5, 0.6) is 0 Å². The molecule has 2 heterocycles. The van der Waals surface area contributed by atoms with Crippen molar-refractivity contribution in [2.24, 2.45) is 0 Å². The van der Waals surface area contributed by atoms with Crippen LogP contribution >= 0.6 is 0 Å². The van der Waals surface area contributed by atoms with Crippen LogP contribution < -0.4 is 5.32 Å². The number of carbonyl (C=O) groups excluding carboxylic acids is 1. The zero-order valence-corrected chi connectivity index (χ0v) is 12.1. The van der Waals surface area contributed by atoms with Crippen molar-refractivity contribution in [3.63, 3.8) is 0 Å². The fourth-order valence-corrected chi connectivity index (χ4v) is 2.56. The lowest BCUT2D eigenvalue weighted by Crippen LogP contribution is -2.29. The molecular weight excluding hydrogens is 276 g/mol. The quantitative estimate of drug-likeness (QED) is 0.803. The Hall–Kier alpha value is -2.69. The molecule has 0 unspecified atom stereocenters. The molecule has 4 rings (SSSR count). The summed E-state index contributed by atoms with van der Waals surface area (Å²) in [6, 6.07) is 10.4. The Bertz CT molecular complexity index is 835. The van der Waals surface area contributed by atoms with Gasteiger partial charge in [0, 0.05) is 35.6 Å². The molecular formula is C17H16N4O. The van der Waals surface area contributed by atoms with Crippen LogP contribution in [0.2, 0.25) is 0 Å². The Balaban J connectivity index is 1.63. The zero-order valence-electron chi connectivity index (χ0n) is 12.1. The predicted molar refractivity (Wildman–Crippen MR) is 84.1 cm³/mol. The topological polar surface area (TPSA) is 59.8 Å². The highest BCUT2D eigenvalue weighted by Gasteiger charge is 2.23. The molecule has 1 aromatic carbocycles. The van der Waals surface area contributed by atoms with Gasteiger partial charge in [0.1, 0.15) is 12.4 Å². The normalized spacial score (nSPS) is 14.2. The standard InChI is InChI=1S/C17H16N4O/c22-16(20-14-5-6-14)11-21-9-8-19-17(21)13-4-3-12-2-1-7-18-15(12)10-13/h1-4,7-10,14H,5-6,11H2,(H,20,22). The van der Waals surface area contributed by atoms with Gasteiger partial charge in [-0.2, -0.15) is 0 Å². The third-order valence-corrected chi connectivity index (χ3v) is 3.84. The summed E-state index contributed by atoms with van der Waals surface area (Å²) in [5.41, 5.74) is 1.90. The molecule has 0 aliphatic heterocycles. The Kier molecular flexibility index (Phi) is 3.11. The summed E-state index contributed by atoms with van der Waals surface area (Å²) in [6.07, 6.45) is 7.53. The van der Waals surface area contributed by atoms with E-state index in [2.05, 4.69) is 15.3 Å². The first-order valence-corrected chi connectivity index (χ1v) is 7.45. The van der Waals surface area contributed by atoms with Gasteiger partial charge in [0.15, 0.2) is 0 Å². The molecule has 0 atom stereocenters.